The molecule has 0 amide bonds. The molecule has 0 aliphatic heterocycles. The van der Waals surface area contributed by atoms with Gasteiger partial charge in [0.05, 0.1) is 0 Å². The fourth-order valence-corrected chi connectivity index (χ4v) is 1.87. The van der Waals surface area contributed by atoms with E-state index in [-0.39, 0.29) is 5.41 Å². The maximum Gasteiger partial charge on any atom is -0.0126 e. The SMILES string of the molecule is CC(C)(C)c1ccc2cccccc1-2. The van der Waals surface area contributed by atoms with Crippen molar-refractivity contribution in [3.05, 3.63) is 48.0 Å². The lowest BCUT2D eigenvalue weighted by molar-refractivity contribution is 0.594. The van der Waals surface area contributed by atoms with Crippen LogP contribution in [0.3, 0.4) is 0 Å². The molecule has 0 bridgehead atoms. The first-order chi connectivity index (χ1) is 6.59. The fraction of sp³-hybridized carbons (Fsp3) is 0.286. The Morgan fingerprint density at radius 1 is 0.786 bits per heavy atom. The summed E-state index contributed by atoms with van der Waals surface area (Å²) in [5.41, 5.74) is 4.38. The van der Waals surface area contributed by atoms with Crippen molar-refractivity contribution in [1.82, 2.24) is 0 Å². The molecule has 0 saturated carbocycles. The van der Waals surface area contributed by atoms with Gasteiger partial charge in [0, 0.05) is 0 Å². The van der Waals surface area contributed by atoms with Gasteiger partial charge in [0.2, 0.25) is 0 Å². The van der Waals surface area contributed by atoms with Crippen LogP contribution in [-0.2, 0) is 5.41 Å². The Kier molecular flexibility index (Phi) is 2.07. The zero-order valence-electron chi connectivity index (χ0n) is 9.04. The molecule has 0 heteroatoms. The van der Waals surface area contributed by atoms with Crippen molar-refractivity contribution < 1.29 is 0 Å². The molecule has 2 aliphatic rings. The Labute approximate surface area is 85.9 Å². The van der Waals surface area contributed by atoms with Crippen LogP contribution in [0.1, 0.15) is 26.3 Å². The minimum Gasteiger partial charge on any atom is -0.0622 e. The first-order valence-electron chi connectivity index (χ1n) is 5.07. The van der Waals surface area contributed by atoms with Gasteiger partial charge in [-0.15, -0.1) is 0 Å². The summed E-state index contributed by atoms with van der Waals surface area (Å²) in [5.74, 6) is 0. The minimum atomic E-state index is 0.232. The van der Waals surface area contributed by atoms with Crippen molar-refractivity contribution >= 4 is 0 Å². The van der Waals surface area contributed by atoms with Gasteiger partial charge in [-0.3, -0.25) is 0 Å². The predicted octanol–water partition coefficient (Wildman–Crippen LogP) is 4.09. The molecular formula is C14H16. The quantitative estimate of drug-likeness (QED) is 0.578. The van der Waals surface area contributed by atoms with Gasteiger partial charge in [-0.05, 0) is 22.1 Å². The molecule has 0 aromatic rings. The Bertz CT molecular complexity index is 407. The molecule has 0 fully saturated rings. The Morgan fingerprint density at radius 2 is 1.50 bits per heavy atom. The van der Waals surface area contributed by atoms with Crippen molar-refractivity contribution in [3.63, 3.8) is 0 Å². The summed E-state index contributed by atoms with van der Waals surface area (Å²) in [6.07, 6.45) is 0. The number of rotatable bonds is 0. The topological polar surface area (TPSA) is 0 Å². The van der Waals surface area contributed by atoms with Crippen LogP contribution in [-0.4, -0.2) is 0 Å². The zero-order valence-corrected chi connectivity index (χ0v) is 9.04. The van der Waals surface area contributed by atoms with Crippen LogP contribution >= 0.6 is 0 Å². The van der Waals surface area contributed by atoms with Crippen LogP contribution in [0.2, 0.25) is 0 Å². The van der Waals surface area contributed by atoms with Gasteiger partial charge >= 0.3 is 0 Å². The average Bonchev–Trinajstić information content (AvgIpc) is 2.36. The van der Waals surface area contributed by atoms with Gasteiger partial charge in [0.15, 0.2) is 0 Å². The van der Waals surface area contributed by atoms with Gasteiger partial charge in [-0.2, -0.15) is 0 Å². The second-order valence-electron chi connectivity index (χ2n) is 4.78. The molecule has 0 radical (unpaired) electrons. The number of hydrogen-bond donors (Lipinski definition) is 0. The van der Waals surface area contributed by atoms with Crippen LogP contribution in [0.5, 0.6) is 0 Å². The van der Waals surface area contributed by atoms with Crippen molar-refractivity contribution in [2.45, 2.75) is 26.2 Å². The monoisotopic (exact) mass is 184 g/mol. The molecule has 72 valence electrons. The Morgan fingerprint density at radius 3 is 2.21 bits per heavy atom. The first kappa shape index (κ1) is 9.26. The zero-order chi connectivity index (χ0) is 10.2. The summed E-state index contributed by atoms with van der Waals surface area (Å²) in [4.78, 5) is 0. The van der Waals surface area contributed by atoms with E-state index < -0.39 is 0 Å². The van der Waals surface area contributed by atoms with Crippen molar-refractivity contribution in [1.29, 1.82) is 0 Å². The fourth-order valence-electron chi connectivity index (χ4n) is 1.87. The van der Waals surface area contributed by atoms with Gasteiger partial charge < -0.3 is 0 Å². The van der Waals surface area contributed by atoms with Crippen molar-refractivity contribution in [2.75, 3.05) is 0 Å². The van der Waals surface area contributed by atoms with E-state index in [4.69, 9.17) is 0 Å². The van der Waals surface area contributed by atoms with E-state index >= 15 is 0 Å². The third-order valence-corrected chi connectivity index (χ3v) is 2.60. The molecular weight excluding hydrogens is 168 g/mol. The smallest absolute Gasteiger partial charge is 0.0126 e. The van der Waals surface area contributed by atoms with Crippen LogP contribution in [0.4, 0.5) is 0 Å². The average molecular weight is 184 g/mol. The maximum atomic E-state index is 2.26. The molecule has 0 saturated heterocycles. The molecule has 0 nitrogen and oxygen atoms in total. The van der Waals surface area contributed by atoms with E-state index in [1.54, 1.807) is 0 Å². The number of hydrogen-bond acceptors (Lipinski definition) is 0. The molecule has 2 aliphatic carbocycles. The van der Waals surface area contributed by atoms with Gasteiger partial charge in [-0.25, -0.2) is 0 Å². The summed E-state index contributed by atoms with van der Waals surface area (Å²) in [6, 6.07) is 15.1. The van der Waals surface area contributed by atoms with Crippen molar-refractivity contribution in [3.8, 4) is 11.1 Å². The lowest BCUT2D eigenvalue weighted by atomic mass is 9.86. The molecule has 0 N–H and O–H groups in total. The Balaban J connectivity index is 2.64. The standard InChI is InChI=1S/C14H16/c1-14(2,3)13-10-9-11-7-5-4-6-8-12(11)13/h4-10H,1-3H3. The predicted molar refractivity (Wildman–Crippen MR) is 61.8 cm³/mol. The van der Waals surface area contributed by atoms with E-state index in [9.17, 15) is 0 Å². The third kappa shape index (κ3) is 1.52. The van der Waals surface area contributed by atoms with E-state index in [1.807, 2.05) is 0 Å². The third-order valence-electron chi connectivity index (χ3n) is 2.60. The van der Waals surface area contributed by atoms with Crippen molar-refractivity contribution in [2.24, 2.45) is 0 Å². The van der Waals surface area contributed by atoms with E-state index in [2.05, 4.69) is 63.2 Å². The summed E-state index contributed by atoms with van der Waals surface area (Å²) in [5, 5.41) is 0. The van der Waals surface area contributed by atoms with Crippen LogP contribution in [0.25, 0.3) is 11.1 Å². The van der Waals surface area contributed by atoms with Gasteiger partial charge in [-0.1, -0.05) is 63.2 Å². The second-order valence-corrected chi connectivity index (χ2v) is 4.78. The molecule has 2 rings (SSSR count). The highest BCUT2D eigenvalue weighted by atomic mass is 14.2. The summed E-state index contributed by atoms with van der Waals surface area (Å²) in [6.45, 7) is 6.78. The van der Waals surface area contributed by atoms with E-state index in [0.29, 0.717) is 0 Å². The van der Waals surface area contributed by atoms with E-state index in [1.165, 1.54) is 16.7 Å². The normalized spacial score (nSPS) is 11.9. The molecule has 0 atom stereocenters. The van der Waals surface area contributed by atoms with Crippen LogP contribution < -0.4 is 0 Å². The molecule has 0 aromatic heterocycles. The molecule has 0 aromatic carbocycles. The maximum absolute atomic E-state index is 2.26. The second kappa shape index (κ2) is 3.13. The van der Waals surface area contributed by atoms with Gasteiger partial charge in [0.25, 0.3) is 0 Å². The highest BCUT2D eigenvalue weighted by molar-refractivity contribution is 5.71. The van der Waals surface area contributed by atoms with Gasteiger partial charge in [0.1, 0.15) is 0 Å². The van der Waals surface area contributed by atoms with E-state index in [0.717, 1.165) is 0 Å². The minimum absolute atomic E-state index is 0.232. The summed E-state index contributed by atoms with van der Waals surface area (Å²) >= 11 is 0. The summed E-state index contributed by atoms with van der Waals surface area (Å²) in [7, 11) is 0. The van der Waals surface area contributed by atoms with Crippen LogP contribution in [0, 0.1) is 0 Å². The lowest BCUT2D eigenvalue weighted by Gasteiger charge is -2.19. The number of fused-ring (bicyclic) bond motifs is 1. The molecule has 0 unspecified atom stereocenters. The van der Waals surface area contributed by atoms with Crippen LogP contribution in [0.15, 0.2) is 42.5 Å². The largest absolute Gasteiger partial charge is 0.0622 e. The molecule has 14 heavy (non-hydrogen) atoms. The Hall–Kier alpha value is -1.30. The molecule has 0 heterocycles. The highest BCUT2D eigenvalue weighted by Gasteiger charge is 2.19. The lowest BCUT2D eigenvalue weighted by Crippen LogP contribution is -2.10. The summed E-state index contributed by atoms with van der Waals surface area (Å²) < 4.78 is 0. The molecule has 0 spiro atoms. The first-order valence-corrected chi connectivity index (χ1v) is 5.07. The highest BCUT2D eigenvalue weighted by Crippen LogP contribution is 2.35.